The minimum absolute atomic E-state index is 0.448. The molecule has 144 valence electrons. The van der Waals surface area contributed by atoms with Crippen LogP contribution in [0, 0.1) is 5.92 Å². The van der Waals surface area contributed by atoms with Crippen LogP contribution in [0.25, 0.3) is 0 Å². The van der Waals surface area contributed by atoms with Crippen molar-refractivity contribution in [2.75, 3.05) is 32.7 Å². The minimum atomic E-state index is 0.448. The summed E-state index contributed by atoms with van der Waals surface area (Å²) in [6.45, 7) is 1.60. The van der Waals surface area contributed by atoms with Crippen LogP contribution in [-0.4, -0.2) is 54.8 Å². The molecule has 2 heterocycles. The third-order valence-electron chi connectivity index (χ3n) is 5.80. The number of rotatable bonds is 7. The molecule has 0 radical (unpaired) electrons. The lowest BCUT2D eigenvalue weighted by molar-refractivity contribution is 0.0865. The van der Waals surface area contributed by atoms with Gasteiger partial charge in [-0.25, -0.2) is 9.97 Å². The lowest BCUT2D eigenvalue weighted by atomic mass is 9.99. The number of hydrogen-bond donors (Lipinski definition) is 0. The number of methoxy groups -OCH3 is 1. The molecular weight excluding hydrogens is 340 g/mol. The maximum atomic E-state index is 6.14. The third kappa shape index (κ3) is 3.86. The quantitative estimate of drug-likeness (QED) is 0.749. The van der Waals surface area contributed by atoms with Gasteiger partial charge in [0.15, 0.2) is 0 Å². The second kappa shape index (κ2) is 7.72. The molecule has 4 rings (SSSR count). The zero-order valence-corrected chi connectivity index (χ0v) is 16.3. The standard InChI is InChI=1S/C21H28N4O2/c1-24(2)21-22-11-15(12-23-21)13-25-17-8-7-16(9-17)20(25)14-27-19-6-4-5-18(10-19)26-3/h4-6,10-12,16-17,20H,7-9,13-14H2,1-3H3/t16?,17?,20-/m0/s1. The molecule has 0 amide bonds. The van der Waals surface area contributed by atoms with Gasteiger partial charge in [0.05, 0.1) is 7.11 Å². The van der Waals surface area contributed by atoms with E-state index in [4.69, 9.17) is 9.47 Å². The molecule has 6 nitrogen and oxygen atoms in total. The van der Waals surface area contributed by atoms with Crippen LogP contribution >= 0.6 is 0 Å². The Morgan fingerprint density at radius 3 is 2.67 bits per heavy atom. The van der Waals surface area contributed by atoms with Gasteiger partial charge >= 0.3 is 0 Å². The van der Waals surface area contributed by atoms with Crippen LogP contribution in [0.4, 0.5) is 5.95 Å². The predicted octanol–water partition coefficient (Wildman–Crippen LogP) is 2.98. The summed E-state index contributed by atoms with van der Waals surface area (Å²) in [6.07, 6.45) is 7.78. The fourth-order valence-corrected chi connectivity index (χ4v) is 4.41. The zero-order valence-electron chi connectivity index (χ0n) is 16.3. The number of benzene rings is 1. The first-order valence-corrected chi connectivity index (χ1v) is 9.65. The smallest absolute Gasteiger partial charge is 0.224 e. The van der Waals surface area contributed by atoms with Crippen LogP contribution in [-0.2, 0) is 6.54 Å². The Morgan fingerprint density at radius 2 is 1.93 bits per heavy atom. The Balaban J connectivity index is 1.43. The second-order valence-electron chi connectivity index (χ2n) is 7.74. The van der Waals surface area contributed by atoms with Crippen LogP contribution in [0.15, 0.2) is 36.7 Å². The van der Waals surface area contributed by atoms with Gasteiger partial charge in [-0.3, -0.25) is 4.90 Å². The molecule has 2 bridgehead atoms. The Morgan fingerprint density at radius 1 is 1.15 bits per heavy atom. The van der Waals surface area contributed by atoms with Gasteiger partial charge in [-0.1, -0.05) is 6.07 Å². The fraction of sp³-hybridized carbons (Fsp3) is 0.524. The van der Waals surface area contributed by atoms with Crippen molar-refractivity contribution in [3.63, 3.8) is 0 Å². The van der Waals surface area contributed by atoms with Gasteiger partial charge in [-0.05, 0) is 37.3 Å². The summed E-state index contributed by atoms with van der Waals surface area (Å²) in [5.41, 5.74) is 1.17. The lowest BCUT2D eigenvalue weighted by Crippen LogP contribution is -2.43. The summed E-state index contributed by atoms with van der Waals surface area (Å²) < 4.78 is 11.4. The number of fused-ring (bicyclic) bond motifs is 2. The van der Waals surface area contributed by atoms with Crippen molar-refractivity contribution in [1.29, 1.82) is 0 Å². The SMILES string of the molecule is COc1cccc(OC[C@H]2C3CCC(C3)N2Cc2cnc(N(C)C)nc2)c1. The van der Waals surface area contributed by atoms with Crippen molar-refractivity contribution < 1.29 is 9.47 Å². The summed E-state index contributed by atoms with van der Waals surface area (Å²) in [4.78, 5) is 13.4. The van der Waals surface area contributed by atoms with Crippen molar-refractivity contribution in [3.8, 4) is 11.5 Å². The molecule has 0 N–H and O–H groups in total. The molecule has 6 heteroatoms. The summed E-state index contributed by atoms with van der Waals surface area (Å²) >= 11 is 0. The highest BCUT2D eigenvalue weighted by molar-refractivity contribution is 5.33. The van der Waals surface area contributed by atoms with Gasteiger partial charge in [0.25, 0.3) is 0 Å². The Bertz CT molecular complexity index is 765. The van der Waals surface area contributed by atoms with Crippen LogP contribution < -0.4 is 14.4 Å². The van der Waals surface area contributed by atoms with E-state index in [1.807, 2.05) is 55.7 Å². The zero-order chi connectivity index (χ0) is 18.8. The summed E-state index contributed by atoms with van der Waals surface area (Å²) in [7, 11) is 5.60. The van der Waals surface area contributed by atoms with Crippen LogP contribution in [0.1, 0.15) is 24.8 Å². The van der Waals surface area contributed by atoms with E-state index < -0.39 is 0 Å². The van der Waals surface area contributed by atoms with Gasteiger partial charge in [-0.15, -0.1) is 0 Å². The maximum Gasteiger partial charge on any atom is 0.224 e. The highest BCUT2D eigenvalue weighted by Crippen LogP contribution is 2.43. The largest absolute Gasteiger partial charge is 0.497 e. The number of ether oxygens (including phenoxy) is 2. The molecule has 3 atom stereocenters. The number of likely N-dealkylation sites (tertiary alicyclic amines) is 1. The van der Waals surface area contributed by atoms with E-state index in [9.17, 15) is 0 Å². The van der Waals surface area contributed by atoms with Crippen molar-refractivity contribution in [2.45, 2.75) is 37.9 Å². The summed E-state index contributed by atoms with van der Waals surface area (Å²) in [6, 6.07) is 8.95. The van der Waals surface area contributed by atoms with E-state index in [-0.39, 0.29) is 0 Å². The number of hydrogen-bond acceptors (Lipinski definition) is 6. The van der Waals surface area contributed by atoms with Gasteiger partial charge in [-0.2, -0.15) is 0 Å². The molecule has 1 saturated heterocycles. The normalized spacial score (nSPS) is 24.2. The average molecular weight is 368 g/mol. The van der Waals surface area contributed by atoms with E-state index in [1.54, 1.807) is 7.11 Å². The van der Waals surface area contributed by atoms with Crippen LogP contribution in [0.5, 0.6) is 11.5 Å². The third-order valence-corrected chi connectivity index (χ3v) is 5.80. The lowest BCUT2D eigenvalue weighted by Gasteiger charge is -2.35. The molecule has 1 aromatic heterocycles. The fourth-order valence-electron chi connectivity index (χ4n) is 4.41. The number of aromatic nitrogens is 2. The van der Waals surface area contributed by atoms with E-state index in [1.165, 1.54) is 24.8 Å². The molecule has 1 aliphatic carbocycles. The maximum absolute atomic E-state index is 6.14. The molecule has 0 spiro atoms. The first kappa shape index (κ1) is 18.0. The Labute approximate surface area is 161 Å². The monoisotopic (exact) mass is 368 g/mol. The number of nitrogens with zero attached hydrogens (tertiary/aromatic N) is 4. The van der Waals surface area contributed by atoms with Crippen molar-refractivity contribution >= 4 is 5.95 Å². The molecule has 2 fully saturated rings. The first-order chi connectivity index (χ1) is 13.1. The number of piperidine rings is 1. The predicted molar refractivity (Wildman–Crippen MR) is 105 cm³/mol. The van der Waals surface area contributed by atoms with E-state index in [0.29, 0.717) is 18.7 Å². The molecular formula is C21H28N4O2. The molecule has 1 saturated carbocycles. The minimum Gasteiger partial charge on any atom is -0.497 e. The highest BCUT2D eigenvalue weighted by atomic mass is 16.5. The molecule has 2 unspecified atom stereocenters. The molecule has 1 aromatic carbocycles. The van der Waals surface area contributed by atoms with Crippen LogP contribution in [0.2, 0.25) is 0 Å². The molecule has 27 heavy (non-hydrogen) atoms. The van der Waals surface area contributed by atoms with Crippen molar-refractivity contribution in [3.05, 3.63) is 42.2 Å². The summed E-state index contributed by atoms with van der Waals surface area (Å²) in [5.74, 6) is 3.17. The van der Waals surface area contributed by atoms with Gasteiger partial charge in [0.1, 0.15) is 18.1 Å². The topological polar surface area (TPSA) is 50.7 Å². The highest BCUT2D eigenvalue weighted by Gasteiger charge is 2.45. The van der Waals surface area contributed by atoms with Gasteiger partial charge in [0, 0.05) is 56.7 Å². The molecule has 1 aliphatic heterocycles. The van der Waals surface area contributed by atoms with E-state index >= 15 is 0 Å². The second-order valence-corrected chi connectivity index (χ2v) is 7.74. The van der Waals surface area contributed by atoms with E-state index in [0.717, 1.165) is 29.9 Å². The number of anilines is 1. The first-order valence-electron chi connectivity index (χ1n) is 9.65. The molecule has 2 aliphatic rings. The van der Waals surface area contributed by atoms with Gasteiger partial charge < -0.3 is 14.4 Å². The average Bonchev–Trinajstić information content (AvgIpc) is 3.29. The Kier molecular flexibility index (Phi) is 5.16. The van der Waals surface area contributed by atoms with Crippen molar-refractivity contribution in [2.24, 2.45) is 5.92 Å². The van der Waals surface area contributed by atoms with Crippen LogP contribution in [0.3, 0.4) is 0 Å². The Hall–Kier alpha value is -2.34. The summed E-state index contributed by atoms with van der Waals surface area (Å²) in [5, 5.41) is 0. The van der Waals surface area contributed by atoms with E-state index in [2.05, 4.69) is 14.9 Å². The van der Waals surface area contributed by atoms with Gasteiger partial charge in [0.2, 0.25) is 5.95 Å². The molecule has 2 aromatic rings. The van der Waals surface area contributed by atoms with Crippen molar-refractivity contribution in [1.82, 2.24) is 14.9 Å².